The summed E-state index contributed by atoms with van der Waals surface area (Å²) in [6, 6.07) is 3.89. The lowest BCUT2D eigenvalue weighted by Crippen LogP contribution is -2.18. The third kappa shape index (κ3) is 1.07. The maximum atomic E-state index is 5.77. The van der Waals surface area contributed by atoms with Crippen LogP contribution in [0.5, 0.6) is 0 Å². The van der Waals surface area contributed by atoms with Crippen LogP contribution in [0, 0.1) is 0 Å². The van der Waals surface area contributed by atoms with E-state index in [0.29, 0.717) is 5.15 Å². The molecule has 3 heteroatoms. The number of aromatic nitrogens is 1. The normalized spacial score (nSPS) is 18.6. The molecule has 1 aliphatic heterocycles. The fourth-order valence-corrected chi connectivity index (χ4v) is 1.66. The Morgan fingerprint density at radius 2 is 2.25 bits per heavy atom. The molecule has 0 aromatic carbocycles. The van der Waals surface area contributed by atoms with Crippen LogP contribution in [0.2, 0.25) is 5.15 Å². The number of hydrogen-bond donors (Lipinski definition) is 1. The second kappa shape index (κ2) is 2.36. The quantitative estimate of drug-likeness (QED) is 0.624. The summed E-state index contributed by atoms with van der Waals surface area (Å²) in [6.07, 6.45) is 0. The molecule has 1 N–H and O–H groups in total. The molecule has 2 rings (SSSR count). The summed E-state index contributed by atoms with van der Waals surface area (Å²) in [5.41, 5.74) is 1.44. The molecule has 1 aromatic rings. The molecular weight excluding hydrogens is 172 g/mol. The van der Waals surface area contributed by atoms with E-state index in [4.69, 9.17) is 11.6 Å². The van der Waals surface area contributed by atoms with Crippen molar-refractivity contribution in [2.45, 2.75) is 19.3 Å². The van der Waals surface area contributed by atoms with Crippen molar-refractivity contribution < 1.29 is 0 Å². The number of nitrogens with zero attached hydrogens (tertiary/aromatic N) is 1. The van der Waals surface area contributed by atoms with E-state index in [2.05, 4.69) is 24.1 Å². The van der Waals surface area contributed by atoms with E-state index in [1.54, 1.807) is 0 Å². The molecule has 0 fully saturated rings. The Balaban J connectivity index is 2.55. The van der Waals surface area contributed by atoms with Crippen molar-refractivity contribution >= 4 is 17.4 Å². The molecule has 64 valence electrons. The zero-order chi connectivity index (χ0) is 8.77. The van der Waals surface area contributed by atoms with Crippen LogP contribution in [0.1, 0.15) is 19.4 Å². The third-order valence-corrected chi connectivity index (χ3v) is 2.50. The second-order valence-electron chi connectivity index (χ2n) is 3.77. The first kappa shape index (κ1) is 7.87. The Hall–Kier alpha value is -0.760. The van der Waals surface area contributed by atoms with Gasteiger partial charge in [0.25, 0.3) is 0 Å². The smallest absolute Gasteiger partial charge is 0.131 e. The molecular formula is C9H11ClN2. The van der Waals surface area contributed by atoms with Crippen LogP contribution in [-0.2, 0) is 5.41 Å². The molecule has 0 radical (unpaired) electrons. The van der Waals surface area contributed by atoms with Gasteiger partial charge in [0.1, 0.15) is 11.0 Å². The molecule has 0 spiro atoms. The second-order valence-corrected chi connectivity index (χ2v) is 4.15. The first-order valence-electron chi connectivity index (χ1n) is 4.00. The van der Waals surface area contributed by atoms with Gasteiger partial charge in [-0.05, 0) is 6.07 Å². The van der Waals surface area contributed by atoms with Crippen molar-refractivity contribution in [1.29, 1.82) is 0 Å². The van der Waals surface area contributed by atoms with E-state index in [9.17, 15) is 0 Å². The van der Waals surface area contributed by atoms with Gasteiger partial charge in [0.05, 0.1) is 0 Å². The van der Waals surface area contributed by atoms with E-state index in [1.165, 1.54) is 5.56 Å². The Labute approximate surface area is 77.0 Å². The summed E-state index contributed by atoms with van der Waals surface area (Å²) in [5, 5.41) is 3.79. The van der Waals surface area contributed by atoms with Gasteiger partial charge in [-0.25, -0.2) is 4.98 Å². The number of fused-ring (bicyclic) bond motifs is 1. The predicted octanol–water partition coefficient (Wildman–Crippen LogP) is 2.44. The highest BCUT2D eigenvalue weighted by Crippen LogP contribution is 2.35. The maximum Gasteiger partial charge on any atom is 0.131 e. The number of halogens is 1. The van der Waals surface area contributed by atoms with E-state index in [0.717, 1.165) is 12.4 Å². The van der Waals surface area contributed by atoms with E-state index in [-0.39, 0.29) is 5.41 Å². The first-order chi connectivity index (χ1) is 5.59. The van der Waals surface area contributed by atoms with Gasteiger partial charge in [-0.15, -0.1) is 0 Å². The molecule has 12 heavy (non-hydrogen) atoms. The lowest BCUT2D eigenvalue weighted by molar-refractivity contribution is 0.586. The molecule has 0 amide bonds. The Kier molecular flexibility index (Phi) is 1.55. The maximum absolute atomic E-state index is 5.77. The van der Waals surface area contributed by atoms with Gasteiger partial charge in [-0.3, -0.25) is 0 Å². The van der Waals surface area contributed by atoms with Gasteiger partial charge < -0.3 is 5.32 Å². The summed E-state index contributed by atoms with van der Waals surface area (Å²) in [6.45, 7) is 5.33. The number of hydrogen-bond acceptors (Lipinski definition) is 2. The molecule has 0 saturated carbocycles. The van der Waals surface area contributed by atoms with Crippen molar-refractivity contribution in [1.82, 2.24) is 4.98 Å². The highest BCUT2D eigenvalue weighted by Gasteiger charge is 2.30. The minimum absolute atomic E-state index is 0.187. The van der Waals surface area contributed by atoms with Gasteiger partial charge in [-0.1, -0.05) is 31.5 Å². The van der Waals surface area contributed by atoms with Crippen molar-refractivity contribution in [3.63, 3.8) is 0 Å². The van der Waals surface area contributed by atoms with E-state index in [1.807, 2.05) is 12.1 Å². The topological polar surface area (TPSA) is 24.9 Å². The summed E-state index contributed by atoms with van der Waals surface area (Å²) in [4.78, 5) is 4.20. The fourth-order valence-electron chi connectivity index (χ4n) is 1.52. The molecule has 0 aliphatic carbocycles. The SMILES string of the molecule is CC1(C)CNc2nc(Cl)ccc21. The van der Waals surface area contributed by atoms with Crippen LogP contribution in [0.15, 0.2) is 12.1 Å². The number of pyridine rings is 1. The van der Waals surface area contributed by atoms with Crippen molar-refractivity contribution in [2.75, 3.05) is 11.9 Å². The van der Waals surface area contributed by atoms with Gasteiger partial charge in [0.15, 0.2) is 0 Å². The molecule has 0 saturated heterocycles. The van der Waals surface area contributed by atoms with Crippen LogP contribution in [0.25, 0.3) is 0 Å². The standard InChI is InChI=1S/C9H11ClN2/c1-9(2)5-11-8-6(9)3-4-7(10)12-8/h3-4H,5H2,1-2H3,(H,11,12). The summed E-state index contributed by atoms with van der Waals surface area (Å²) >= 11 is 5.77. The van der Waals surface area contributed by atoms with Crippen molar-refractivity contribution in [2.24, 2.45) is 0 Å². The molecule has 0 unspecified atom stereocenters. The average Bonchev–Trinajstić information content (AvgIpc) is 2.27. The van der Waals surface area contributed by atoms with Crippen LogP contribution in [0.4, 0.5) is 5.82 Å². The number of rotatable bonds is 0. The number of anilines is 1. The largest absolute Gasteiger partial charge is 0.369 e. The molecule has 1 aromatic heterocycles. The monoisotopic (exact) mass is 182 g/mol. The summed E-state index contributed by atoms with van der Waals surface area (Å²) in [7, 11) is 0. The van der Waals surface area contributed by atoms with Crippen molar-refractivity contribution in [3.8, 4) is 0 Å². The van der Waals surface area contributed by atoms with Crippen LogP contribution < -0.4 is 5.32 Å². The minimum atomic E-state index is 0.187. The van der Waals surface area contributed by atoms with Gasteiger partial charge >= 0.3 is 0 Å². The molecule has 0 atom stereocenters. The lowest BCUT2D eigenvalue weighted by atomic mass is 9.88. The molecule has 2 nitrogen and oxygen atoms in total. The highest BCUT2D eigenvalue weighted by molar-refractivity contribution is 6.29. The zero-order valence-electron chi connectivity index (χ0n) is 7.19. The van der Waals surface area contributed by atoms with E-state index >= 15 is 0 Å². The molecule has 1 aliphatic rings. The molecule has 0 bridgehead atoms. The Morgan fingerprint density at radius 1 is 1.50 bits per heavy atom. The Morgan fingerprint density at radius 3 is 3.00 bits per heavy atom. The van der Waals surface area contributed by atoms with Crippen LogP contribution >= 0.6 is 11.6 Å². The molecule has 2 heterocycles. The Bertz CT molecular complexity index is 320. The fraction of sp³-hybridized carbons (Fsp3) is 0.444. The van der Waals surface area contributed by atoms with Gasteiger partial charge in [0, 0.05) is 17.5 Å². The van der Waals surface area contributed by atoms with Gasteiger partial charge in [0.2, 0.25) is 0 Å². The summed E-state index contributed by atoms with van der Waals surface area (Å²) in [5.74, 6) is 0.938. The average molecular weight is 183 g/mol. The van der Waals surface area contributed by atoms with E-state index < -0.39 is 0 Å². The van der Waals surface area contributed by atoms with Crippen LogP contribution in [0.3, 0.4) is 0 Å². The zero-order valence-corrected chi connectivity index (χ0v) is 7.94. The third-order valence-electron chi connectivity index (χ3n) is 2.29. The minimum Gasteiger partial charge on any atom is -0.369 e. The van der Waals surface area contributed by atoms with Gasteiger partial charge in [-0.2, -0.15) is 0 Å². The van der Waals surface area contributed by atoms with Crippen molar-refractivity contribution in [3.05, 3.63) is 22.8 Å². The summed E-state index contributed by atoms with van der Waals surface area (Å²) < 4.78 is 0. The highest BCUT2D eigenvalue weighted by atomic mass is 35.5. The van der Waals surface area contributed by atoms with Crippen LogP contribution in [-0.4, -0.2) is 11.5 Å². The lowest BCUT2D eigenvalue weighted by Gasteiger charge is -2.15. The predicted molar refractivity (Wildman–Crippen MR) is 50.8 cm³/mol. The number of nitrogens with one attached hydrogen (secondary N) is 1. The first-order valence-corrected chi connectivity index (χ1v) is 4.38.